The molecule has 0 aliphatic rings. The molecule has 1 aromatic rings. The summed E-state index contributed by atoms with van der Waals surface area (Å²) in [7, 11) is -3.60. The molecule has 1 aromatic carbocycles. The molecule has 0 spiro atoms. The fourth-order valence-electron chi connectivity index (χ4n) is 2.06. The van der Waals surface area contributed by atoms with Crippen LogP contribution in [-0.2, 0) is 10.0 Å². The lowest BCUT2D eigenvalue weighted by Gasteiger charge is -2.20. The van der Waals surface area contributed by atoms with Gasteiger partial charge < -0.3 is 5.32 Å². The predicted molar refractivity (Wildman–Crippen MR) is 78.4 cm³/mol. The maximum Gasteiger partial charge on any atom is 0.238 e. The van der Waals surface area contributed by atoms with Crippen molar-refractivity contribution in [2.75, 3.05) is 0 Å². The van der Waals surface area contributed by atoms with Gasteiger partial charge in [-0.3, -0.25) is 0 Å². The molecule has 0 bridgehead atoms. The van der Waals surface area contributed by atoms with Crippen LogP contribution >= 0.6 is 0 Å². The normalized spacial score (nSPS) is 15.2. The number of primary sulfonamides is 1. The maximum absolute atomic E-state index is 11.2. The minimum atomic E-state index is -3.60. The van der Waals surface area contributed by atoms with Crippen LogP contribution in [0.5, 0.6) is 0 Å². The number of rotatable bonds is 7. The number of hydrogen-bond donors (Lipinski definition) is 2. The summed E-state index contributed by atoms with van der Waals surface area (Å²) in [5.41, 5.74) is 1.07. The maximum atomic E-state index is 11.2. The van der Waals surface area contributed by atoms with Gasteiger partial charge in [0.2, 0.25) is 10.0 Å². The van der Waals surface area contributed by atoms with Crippen LogP contribution < -0.4 is 10.5 Å². The molecule has 19 heavy (non-hydrogen) atoms. The Morgan fingerprint density at radius 1 is 1.21 bits per heavy atom. The molecule has 0 amide bonds. The van der Waals surface area contributed by atoms with E-state index >= 15 is 0 Å². The average molecular weight is 284 g/mol. The van der Waals surface area contributed by atoms with Gasteiger partial charge in [0.05, 0.1) is 4.90 Å². The fraction of sp³-hybridized carbons (Fsp3) is 0.571. The molecule has 2 unspecified atom stereocenters. The van der Waals surface area contributed by atoms with Crippen molar-refractivity contribution >= 4 is 10.0 Å². The van der Waals surface area contributed by atoms with Crippen LogP contribution in [0.4, 0.5) is 0 Å². The van der Waals surface area contributed by atoms with Gasteiger partial charge in [-0.15, -0.1) is 0 Å². The van der Waals surface area contributed by atoms with E-state index in [1.807, 2.05) is 12.1 Å². The number of nitrogens with one attached hydrogen (secondary N) is 1. The van der Waals surface area contributed by atoms with Crippen LogP contribution in [0.2, 0.25) is 0 Å². The highest BCUT2D eigenvalue weighted by Crippen LogP contribution is 2.16. The summed E-state index contributed by atoms with van der Waals surface area (Å²) in [4.78, 5) is 0.155. The van der Waals surface area contributed by atoms with E-state index < -0.39 is 10.0 Å². The second-order valence-electron chi connectivity index (χ2n) is 5.05. The van der Waals surface area contributed by atoms with Crippen molar-refractivity contribution in [3.63, 3.8) is 0 Å². The zero-order chi connectivity index (χ0) is 14.5. The number of nitrogens with two attached hydrogens (primary N) is 1. The molecule has 0 heterocycles. The van der Waals surface area contributed by atoms with Crippen molar-refractivity contribution in [1.82, 2.24) is 5.32 Å². The Hall–Kier alpha value is -0.910. The highest BCUT2D eigenvalue weighted by atomic mass is 32.2. The third-order valence-corrected chi connectivity index (χ3v) is 4.16. The smallest absolute Gasteiger partial charge is 0.238 e. The van der Waals surface area contributed by atoms with E-state index in [-0.39, 0.29) is 10.9 Å². The Morgan fingerprint density at radius 3 is 2.26 bits per heavy atom. The van der Waals surface area contributed by atoms with Crippen LogP contribution in [0.25, 0.3) is 0 Å². The molecule has 1 rings (SSSR count). The van der Waals surface area contributed by atoms with Crippen LogP contribution in [0, 0.1) is 0 Å². The van der Waals surface area contributed by atoms with E-state index in [1.54, 1.807) is 12.1 Å². The molecule has 3 N–H and O–H groups in total. The third-order valence-electron chi connectivity index (χ3n) is 3.23. The first-order chi connectivity index (χ1) is 8.84. The number of sulfonamides is 1. The van der Waals surface area contributed by atoms with E-state index in [4.69, 9.17) is 5.14 Å². The Labute approximate surface area is 116 Å². The van der Waals surface area contributed by atoms with E-state index in [1.165, 1.54) is 12.8 Å². The molecule has 0 aromatic heterocycles. The molecular weight excluding hydrogens is 260 g/mol. The van der Waals surface area contributed by atoms with Gasteiger partial charge in [0.1, 0.15) is 0 Å². The van der Waals surface area contributed by atoms with Crippen molar-refractivity contribution in [2.24, 2.45) is 5.14 Å². The van der Waals surface area contributed by atoms with E-state index in [0.29, 0.717) is 6.04 Å². The first kappa shape index (κ1) is 16.1. The minimum absolute atomic E-state index is 0.155. The Morgan fingerprint density at radius 2 is 1.79 bits per heavy atom. The first-order valence-corrected chi connectivity index (χ1v) is 8.28. The number of unbranched alkanes of at least 4 members (excludes halogenated alkanes) is 1. The minimum Gasteiger partial charge on any atom is -0.308 e. The zero-order valence-electron chi connectivity index (χ0n) is 11.9. The van der Waals surface area contributed by atoms with Crippen LogP contribution in [-0.4, -0.2) is 14.5 Å². The van der Waals surface area contributed by atoms with Gasteiger partial charge in [-0.25, -0.2) is 13.6 Å². The second-order valence-corrected chi connectivity index (χ2v) is 6.61. The van der Waals surface area contributed by atoms with Gasteiger partial charge in [-0.2, -0.15) is 0 Å². The molecule has 0 saturated heterocycles. The monoisotopic (exact) mass is 284 g/mol. The lowest BCUT2D eigenvalue weighted by Crippen LogP contribution is -2.28. The largest absolute Gasteiger partial charge is 0.308 e. The molecule has 0 aliphatic heterocycles. The molecule has 0 saturated carbocycles. The van der Waals surface area contributed by atoms with Crippen LogP contribution in [0.3, 0.4) is 0 Å². The molecule has 0 radical (unpaired) electrons. The van der Waals surface area contributed by atoms with Crippen molar-refractivity contribution < 1.29 is 8.42 Å². The number of benzene rings is 1. The summed E-state index contributed by atoms with van der Waals surface area (Å²) < 4.78 is 22.3. The van der Waals surface area contributed by atoms with Crippen molar-refractivity contribution in [2.45, 2.75) is 57.0 Å². The molecule has 0 aliphatic carbocycles. The molecule has 108 valence electrons. The van der Waals surface area contributed by atoms with Crippen LogP contribution in [0.1, 0.15) is 51.6 Å². The van der Waals surface area contributed by atoms with Gasteiger partial charge in [-0.05, 0) is 38.0 Å². The summed E-state index contributed by atoms with van der Waals surface area (Å²) in [5.74, 6) is 0. The standard InChI is InChI=1S/C14H24N2O2S/c1-4-5-6-11(2)16-12(3)13-7-9-14(10-8-13)19(15,17)18/h7-12,16H,4-6H2,1-3H3,(H2,15,17,18). The molecular formula is C14H24N2O2S. The second kappa shape index (κ2) is 7.03. The van der Waals surface area contributed by atoms with Crippen LogP contribution in [0.15, 0.2) is 29.2 Å². The SMILES string of the molecule is CCCCC(C)NC(C)c1ccc(S(N)(=O)=O)cc1. The Kier molecular flexibility index (Phi) is 5.97. The third kappa shape index (κ3) is 5.30. The summed E-state index contributed by atoms with van der Waals surface area (Å²) in [6.45, 7) is 6.43. The quantitative estimate of drug-likeness (QED) is 0.808. The van der Waals surface area contributed by atoms with Gasteiger partial charge in [0.15, 0.2) is 0 Å². The van der Waals surface area contributed by atoms with E-state index in [0.717, 1.165) is 12.0 Å². The molecule has 2 atom stereocenters. The predicted octanol–water partition coefficient (Wildman–Crippen LogP) is 2.56. The van der Waals surface area contributed by atoms with Gasteiger partial charge in [0.25, 0.3) is 0 Å². The average Bonchev–Trinajstić information content (AvgIpc) is 2.35. The molecule has 4 nitrogen and oxygen atoms in total. The van der Waals surface area contributed by atoms with Crippen molar-refractivity contribution in [3.8, 4) is 0 Å². The Bertz CT molecular complexity index is 483. The summed E-state index contributed by atoms with van der Waals surface area (Å²) >= 11 is 0. The molecule has 5 heteroatoms. The first-order valence-electron chi connectivity index (χ1n) is 6.73. The van der Waals surface area contributed by atoms with Crippen molar-refractivity contribution in [3.05, 3.63) is 29.8 Å². The Balaban J connectivity index is 2.65. The van der Waals surface area contributed by atoms with Gasteiger partial charge in [0, 0.05) is 12.1 Å². The summed E-state index contributed by atoms with van der Waals surface area (Å²) in [6, 6.07) is 7.38. The van der Waals surface area contributed by atoms with Gasteiger partial charge >= 0.3 is 0 Å². The molecule has 0 fully saturated rings. The zero-order valence-corrected chi connectivity index (χ0v) is 12.7. The fourth-order valence-corrected chi connectivity index (χ4v) is 2.58. The van der Waals surface area contributed by atoms with E-state index in [9.17, 15) is 8.42 Å². The number of hydrogen-bond acceptors (Lipinski definition) is 3. The van der Waals surface area contributed by atoms with E-state index in [2.05, 4.69) is 26.1 Å². The summed E-state index contributed by atoms with van der Waals surface area (Å²) in [5, 5.41) is 8.58. The topological polar surface area (TPSA) is 72.2 Å². The highest BCUT2D eigenvalue weighted by Gasteiger charge is 2.11. The lowest BCUT2D eigenvalue weighted by molar-refractivity contribution is 0.444. The van der Waals surface area contributed by atoms with Gasteiger partial charge in [-0.1, -0.05) is 31.9 Å². The lowest BCUT2D eigenvalue weighted by atomic mass is 10.1. The highest BCUT2D eigenvalue weighted by molar-refractivity contribution is 7.89. The summed E-state index contributed by atoms with van der Waals surface area (Å²) in [6.07, 6.45) is 3.56. The van der Waals surface area contributed by atoms with Crippen molar-refractivity contribution in [1.29, 1.82) is 0 Å².